The van der Waals surface area contributed by atoms with E-state index in [2.05, 4.69) is 10.3 Å². The van der Waals surface area contributed by atoms with E-state index in [1.165, 1.54) is 16.7 Å². The highest BCUT2D eigenvalue weighted by atomic mass is 32.2. The zero-order valence-corrected chi connectivity index (χ0v) is 14.2. The molecule has 24 heavy (non-hydrogen) atoms. The number of benzene rings is 2. The van der Waals surface area contributed by atoms with Gasteiger partial charge in [0.1, 0.15) is 6.54 Å². The van der Waals surface area contributed by atoms with Gasteiger partial charge in [-0.15, -0.1) is 11.3 Å². The summed E-state index contributed by atoms with van der Waals surface area (Å²) >= 11 is 2.98. The molecule has 0 radical (unpaired) electrons. The Labute approximate surface area is 146 Å². The first-order valence-corrected chi connectivity index (χ1v) is 9.18. The minimum absolute atomic E-state index is 0.0518. The Hall–Kier alpha value is -2.38. The average molecular weight is 355 g/mol. The number of thiazole rings is 1. The number of carbonyl (C=O) groups is 2. The van der Waals surface area contributed by atoms with Gasteiger partial charge in [-0.05, 0) is 24.3 Å². The molecule has 1 aliphatic rings. The molecule has 1 N–H and O–H groups in total. The van der Waals surface area contributed by atoms with Crippen molar-refractivity contribution in [3.63, 3.8) is 0 Å². The average Bonchev–Trinajstić information content (AvgIpc) is 3.02. The maximum Gasteiger partial charge on any atom is 0.244 e. The van der Waals surface area contributed by atoms with Crippen LogP contribution in [0.1, 0.15) is 0 Å². The van der Waals surface area contributed by atoms with E-state index in [-0.39, 0.29) is 24.1 Å². The van der Waals surface area contributed by atoms with Gasteiger partial charge in [0, 0.05) is 0 Å². The number of carbonyl (C=O) groups excluding carboxylic acids is 2. The van der Waals surface area contributed by atoms with Crippen molar-refractivity contribution in [2.45, 2.75) is 4.34 Å². The first-order valence-electron chi connectivity index (χ1n) is 7.38. The van der Waals surface area contributed by atoms with E-state index in [0.717, 1.165) is 20.2 Å². The predicted molar refractivity (Wildman–Crippen MR) is 97.8 cm³/mol. The Morgan fingerprint density at radius 3 is 2.88 bits per heavy atom. The number of para-hydroxylation sites is 3. The molecule has 0 bridgehead atoms. The lowest BCUT2D eigenvalue weighted by Crippen LogP contribution is -2.43. The van der Waals surface area contributed by atoms with Crippen LogP contribution in [0.5, 0.6) is 0 Å². The van der Waals surface area contributed by atoms with E-state index in [1.54, 1.807) is 17.4 Å². The summed E-state index contributed by atoms with van der Waals surface area (Å²) in [6, 6.07) is 15.2. The lowest BCUT2D eigenvalue weighted by Gasteiger charge is -2.28. The number of anilines is 2. The number of hydrogen-bond acceptors (Lipinski definition) is 5. The van der Waals surface area contributed by atoms with Crippen molar-refractivity contribution >= 4 is 56.5 Å². The molecule has 2 amide bonds. The minimum atomic E-state index is -0.174. The van der Waals surface area contributed by atoms with Gasteiger partial charge in [-0.2, -0.15) is 0 Å². The number of aromatic nitrogens is 1. The molecule has 0 aliphatic carbocycles. The highest BCUT2D eigenvalue weighted by Crippen LogP contribution is 2.32. The van der Waals surface area contributed by atoms with Crippen LogP contribution in [0.2, 0.25) is 0 Å². The van der Waals surface area contributed by atoms with Gasteiger partial charge in [-0.3, -0.25) is 9.59 Å². The van der Waals surface area contributed by atoms with E-state index in [1.807, 2.05) is 42.5 Å². The van der Waals surface area contributed by atoms with Crippen LogP contribution in [0.4, 0.5) is 11.4 Å². The second-order valence-corrected chi connectivity index (χ2v) is 7.53. The van der Waals surface area contributed by atoms with Crippen molar-refractivity contribution in [2.24, 2.45) is 0 Å². The molecule has 120 valence electrons. The smallest absolute Gasteiger partial charge is 0.244 e. The number of hydrogen-bond donors (Lipinski definition) is 1. The molecule has 5 nitrogen and oxygen atoms in total. The lowest BCUT2D eigenvalue weighted by molar-refractivity contribution is -0.120. The molecule has 0 fully saturated rings. The summed E-state index contributed by atoms with van der Waals surface area (Å²) in [5.41, 5.74) is 2.36. The van der Waals surface area contributed by atoms with Crippen molar-refractivity contribution in [3.05, 3.63) is 48.5 Å². The summed E-state index contributed by atoms with van der Waals surface area (Å²) in [5, 5.41) is 2.79. The second kappa shape index (κ2) is 6.26. The van der Waals surface area contributed by atoms with Gasteiger partial charge >= 0.3 is 0 Å². The highest BCUT2D eigenvalue weighted by molar-refractivity contribution is 8.01. The van der Waals surface area contributed by atoms with Gasteiger partial charge in [0.05, 0.1) is 27.3 Å². The summed E-state index contributed by atoms with van der Waals surface area (Å²) in [7, 11) is 0. The maximum atomic E-state index is 12.6. The first kappa shape index (κ1) is 15.2. The van der Waals surface area contributed by atoms with Crippen LogP contribution in [-0.4, -0.2) is 29.1 Å². The number of fused-ring (bicyclic) bond motifs is 2. The molecule has 0 atom stereocenters. The number of rotatable bonds is 3. The van der Waals surface area contributed by atoms with Crippen molar-refractivity contribution in [2.75, 3.05) is 22.5 Å². The van der Waals surface area contributed by atoms with E-state index in [9.17, 15) is 9.59 Å². The molecular formula is C17H13N3O2S2. The van der Waals surface area contributed by atoms with Gasteiger partial charge in [0.2, 0.25) is 11.8 Å². The normalized spacial score (nSPS) is 13.7. The number of nitrogens with zero attached hydrogens (tertiary/aromatic N) is 2. The molecule has 0 saturated carbocycles. The Morgan fingerprint density at radius 1 is 1.21 bits per heavy atom. The molecule has 0 spiro atoms. The molecule has 2 heterocycles. The van der Waals surface area contributed by atoms with Crippen LogP contribution in [-0.2, 0) is 9.59 Å². The molecule has 0 saturated heterocycles. The second-order valence-electron chi connectivity index (χ2n) is 5.28. The maximum absolute atomic E-state index is 12.6. The van der Waals surface area contributed by atoms with E-state index in [4.69, 9.17) is 0 Å². The number of thioether (sulfide) groups is 1. The molecule has 4 rings (SSSR count). The Morgan fingerprint density at radius 2 is 2.00 bits per heavy atom. The van der Waals surface area contributed by atoms with Gasteiger partial charge in [-0.1, -0.05) is 36.0 Å². The molecule has 1 aromatic heterocycles. The third kappa shape index (κ3) is 2.88. The fraction of sp³-hybridized carbons (Fsp3) is 0.118. The van der Waals surface area contributed by atoms with Gasteiger partial charge < -0.3 is 10.2 Å². The van der Waals surface area contributed by atoms with Crippen molar-refractivity contribution in [1.29, 1.82) is 0 Å². The highest BCUT2D eigenvalue weighted by Gasteiger charge is 2.26. The fourth-order valence-electron chi connectivity index (χ4n) is 2.57. The number of nitrogens with one attached hydrogen (secondary N) is 1. The van der Waals surface area contributed by atoms with Crippen LogP contribution in [0.25, 0.3) is 10.2 Å². The summed E-state index contributed by atoms with van der Waals surface area (Å²) in [6.45, 7) is 0.0518. The number of amides is 2. The zero-order chi connectivity index (χ0) is 16.5. The predicted octanol–water partition coefficient (Wildman–Crippen LogP) is 3.37. The summed E-state index contributed by atoms with van der Waals surface area (Å²) < 4.78 is 1.97. The van der Waals surface area contributed by atoms with Crippen LogP contribution in [0.3, 0.4) is 0 Å². The van der Waals surface area contributed by atoms with Crippen LogP contribution in [0, 0.1) is 0 Å². The third-order valence-corrected chi connectivity index (χ3v) is 5.83. The Balaban J connectivity index is 1.51. The van der Waals surface area contributed by atoms with Crippen LogP contribution >= 0.6 is 23.1 Å². The molecule has 3 aromatic rings. The molecule has 7 heteroatoms. The van der Waals surface area contributed by atoms with Crippen molar-refractivity contribution in [3.8, 4) is 0 Å². The Bertz CT molecular complexity index is 905. The van der Waals surface area contributed by atoms with E-state index in [0.29, 0.717) is 5.69 Å². The van der Waals surface area contributed by atoms with Gasteiger partial charge in [0.15, 0.2) is 4.34 Å². The third-order valence-electron chi connectivity index (χ3n) is 3.67. The SMILES string of the molecule is O=C1CN(C(=O)CSc2nc3ccccc3s2)c2ccccc2N1. The quantitative estimate of drug-likeness (QED) is 0.732. The Kier molecular flexibility index (Phi) is 3.95. The van der Waals surface area contributed by atoms with Crippen LogP contribution < -0.4 is 10.2 Å². The topological polar surface area (TPSA) is 62.3 Å². The molecule has 2 aromatic carbocycles. The van der Waals surface area contributed by atoms with Crippen molar-refractivity contribution in [1.82, 2.24) is 4.98 Å². The van der Waals surface area contributed by atoms with Crippen molar-refractivity contribution < 1.29 is 9.59 Å². The molecular weight excluding hydrogens is 342 g/mol. The standard InChI is InChI=1S/C17H13N3O2S2/c21-15-9-20(13-7-3-1-5-11(13)18-15)16(22)10-23-17-19-12-6-2-4-8-14(12)24-17/h1-8H,9-10H2,(H,18,21). The molecule has 0 unspecified atom stereocenters. The largest absolute Gasteiger partial charge is 0.323 e. The monoisotopic (exact) mass is 355 g/mol. The minimum Gasteiger partial charge on any atom is -0.323 e. The van der Waals surface area contributed by atoms with E-state index < -0.39 is 0 Å². The molecule has 1 aliphatic heterocycles. The van der Waals surface area contributed by atoms with E-state index >= 15 is 0 Å². The summed E-state index contributed by atoms with van der Waals surface area (Å²) in [5.74, 6) is -0.0184. The zero-order valence-electron chi connectivity index (χ0n) is 12.6. The van der Waals surface area contributed by atoms with Gasteiger partial charge in [0.25, 0.3) is 0 Å². The van der Waals surface area contributed by atoms with Crippen LogP contribution in [0.15, 0.2) is 52.9 Å². The van der Waals surface area contributed by atoms with Gasteiger partial charge in [-0.25, -0.2) is 4.98 Å². The lowest BCUT2D eigenvalue weighted by atomic mass is 10.2. The summed E-state index contributed by atoms with van der Waals surface area (Å²) in [6.07, 6.45) is 0. The summed E-state index contributed by atoms with van der Waals surface area (Å²) in [4.78, 5) is 30.5. The first-order chi connectivity index (χ1) is 11.7. The fourth-order valence-corrected chi connectivity index (χ4v) is 4.51.